The molecule has 3 rings (SSSR count). The van der Waals surface area contributed by atoms with Crippen LogP contribution in [0.5, 0.6) is 0 Å². The fraction of sp³-hybridized carbons (Fsp3) is 0.667. The molecular formula is C18H26N4O3. The van der Waals surface area contributed by atoms with Crippen LogP contribution >= 0.6 is 0 Å². The molecule has 136 valence electrons. The van der Waals surface area contributed by atoms with E-state index < -0.39 is 0 Å². The Hall–Kier alpha value is -2.18. The summed E-state index contributed by atoms with van der Waals surface area (Å²) in [6.45, 7) is 6.60. The standard InChI is InChI=1S/C18H26N4O3/c1-3-20-12-18(9-7-15(20)23)8-4-10-21(13-18)17(25)11-22-16(24)6-5-14(2)19-22/h5-6H,3-4,7-13H2,1-2H3. The highest BCUT2D eigenvalue weighted by Gasteiger charge is 2.42. The lowest BCUT2D eigenvalue weighted by atomic mass is 9.73. The monoisotopic (exact) mass is 346 g/mol. The molecule has 1 aromatic rings. The maximum Gasteiger partial charge on any atom is 0.267 e. The van der Waals surface area contributed by atoms with Gasteiger partial charge in [-0.05, 0) is 39.2 Å². The van der Waals surface area contributed by atoms with Crippen molar-refractivity contribution in [3.63, 3.8) is 0 Å². The molecular weight excluding hydrogens is 320 g/mol. The molecule has 1 spiro atoms. The SMILES string of the molecule is CCN1CC2(CCCN(C(=O)Cn3nc(C)ccc3=O)C2)CCC1=O. The summed E-state index contributed by atoms with van der Waals surface area (Å²) in [6, 6.07) is 3.09. The van der Waals surface area contributed by atoms with Gasteiger partial charge in [0.25, 0.3) is 5.56 Å². The van der Waals surface area contributed by atoms with E-state index in [1.165, 1.54) is 10.7 Å². The van der Waals surface area contributed by atoms with Crippen molar-refractivity contribution in [3.05, 3.63) is 28.2 Å². The zero-order valence-electron chi connectivity index (χ0n) is 15.0. The predicted molar refractivity (Wildman–Crippen MR) is 93.0 cm³/mol. The predicted octanol–water partition coefficient (Wildman–Crippen LogP) is 0.803. The Labute approximate surface area is 147 Å². The fourth-order valence-electron chi connectivity index (χ4n) is 4.04. The number of piperidine rings is 2. The van der Waals surface area contributed by atoms with Crippen molar-refractivity contribution in [1.29, 1.82) is 0 Å². The Bertz CT molecular complexity index is 729. The van der Waals surface area contributed by atoms with E-state index in [-0.39, 0.29) is 29.3 Å². The lowest BCUT2D eigenvalue weighted by Gasteiger charge is -2.48. The molecule has 2 aliphatic heterocycles. The number of carbonyl (C=O) groups excluding carboxylic acids is 2. The number of aromatic nitrogens is 2. The number of carbonyl (C=O) groups is 2. The van der Waals surface area contributed by atoms with Crippen molar-refractivity contribution in [2.45, 2.75) is 46.1 Å². The van der Waals surface area contributed by atoms with Gasteiger partial charge in [0.1, 0.15) is 6.54 Å². The Morgan fingerprint density at radius 2 is 2.04 bits per heavy atom. The lowest BCUT2D eigenvalue weighted by molar-refractivity contribution is -0.143. The van der Waals surface area contributed by atoms with Crippen LogP contribution in [0.1, 0.15) is 38.3 Å². The van der Waals surface area contributed by atoms with Gasteiger partial charge in [-0.2, -0.15) is 5.10 Å². The Morgan fingerprint density at radius 1 is 1.24 bits per heavy atom. The van der Waals surface area contributed by atoms with Crippen LogP contribution in [0.25, 0.3) is 0 Å². The molecule has 2 saturated heterocycles. The Morgan fingerprint density at radius 3 is 2.80 bits per heavy atom. The average Bonchev–Trinajstić information content (AvgIpc) is 2.60. The Kier molecular flexibility index (Phi) is 4.92. The van der Waals surface area contributed by atoms with Crippen LogP contribution < -0.4 is 5.56 Å². The third-order valence-electron chi connectivity index (χ3n) is 5.43. The van der Waals surface area contributed by atoms with E-state index in [0.717, 1.165) is 32.4 Å². The second-order valence-corrected chi connectivity index (χ2v) is 7.30. The summed E-state index contributed by atoms with van der Waals surface area (Å²) in [5.74, 6) is 0.145. The molecule has 2 aliphatic rings. The number of amides is 2. The average molecular weight is 346 g/mol. The molecule has 1 aromatic heterocycles. The molecule has 1 atom stereocenters. The normalized spacial score (nSPS) is 24.0. The van der Waals surface area contributed by atoms with Crippen LogP contribution in [-0.4, -0.2) is 57.6 Å². The first kappa shape index (κ1) is 17.6. The summed E-state index contributed by atoms with van der Waals surface area (Å²) >= 11 is 0. The molecule has 3 heterocycles. The first-order valence-corrected chi connectivity index (χ1v) is 9.03. The molecule has 25 heavy (non-hydrogen) atoms. The van der Waals surface area contributed by atoms with Gasteiger partial charge in [-0.3, -0.25) is 14.4 Å². The number of rotatable bonds is 3. The maximum atomic E-state index is 12.7. The zero-order valence-corrected chi connectivity index (χ0v) is 15.0. The summed E-state index contributed by atoms with van der Waals surface area (Å²) in [6.07, 6.45) is 3.39. The van der Waals surface area contributed by atoms with Gasteiger partial charge in [-0.15, -0.1) is 0 Å². The summed E-state index contributed by atoms with van der Waals surface area (Å²) in [7, 11) is 0. The largest absolute Gasteiger partial charge is 0.342 e. The van der Waals surface area contributed by atoms with Gasteiger partial charge < -0.3 is 9.80 Å². The van der Waals surface area contributed by atoms with Crippen LogP contribution in [-0.2, 0) is 16.1 Å². The van der Waals surface area contributed by atoms with Gasteiger partial charge in [0.15, 0.2) is 0 Å². The van der Waals surface area contributed by atoms with Gasteiger partial charge in [0.05, 0.1) is 5.69 Å². The first-order chi connectivity index (χ1) is 11.9. The summed E-state index contributed by atoms with van der Waals surface area (Å²) in [5.41, 5.74) is 0.459. The van der Waals surface area contributed by atoms with Crippen molar-refractivity contribution in [2.75, 3.05) is 26.2 Å². The number of nitrogens with zero attached hydrogens (tertiary/aromatic N) is 4. The maximum absolute atomic E-state index is 12.7. The van der Waals surface area contributed by atoms with Crippen molar-refractivity contribution in [1.82, 2.24) is 19.6 Å². The van der Waals surface area contributed by atoms with Gasteiger partial charge in [0, 0.05) is 44.1 Å². The van der Waals surface area contributed by atoms with E-state index in [4.69, 9.17) is 0 Å². The van der Waals surface area contributed by atoms with E-state index in [9.17, 15) is 14.4 Å². The molecule has 0 aliphatic carbocycles. The summed E-state index contributed by atoms with van der Waals surface area (Å²) in [4.78, 5) is 40.3. The molecule has 0 radical (unpaired) electrons. The minimum Gasteiger partial charge on any atom is -0.342 e. The third kappa shape index (κ3) is 3.75. The molecule has 2 fully saturated rings. The molecule has 0 bridgehead atoms. The van der Waals surface area contributed by atoms with Gasteiger partial charge in [0.2, 0.25) is 11.8 Å². The van der Waals surface area contributed by atoms with Gasteiger partial charge in [-0.1, -0.05) is 0 Å². The smallest absolute Gasteiger partial charge is 0.267 e. The second kappa shape index (κ2) is 6.98. The second-order valence-electron chi connectivity index (χ2n) is 7.30. The summed E-state index contributed by atoms with van der Waals surface area (Å²) in [5, 5.41) is 4.15. The number of hydrogen-bond acceptors (Lipinski definition) is 4. The molecule has 7 heteroatoms. The van der Waals surface area contributed by atoms with Crippen molar-refractivity contribution >= 4 is 11.8 Å². The molecule has 0 saturated carbocycles. The van der Waals surface area contributed by atoms with Crippen molar-refractivity contribution in [2.24, 2.45) is 5.41 Å². The van der Waals surface area contributed by atoms with Crippen LogP contribution in [0.15, 0.2) is 16.9 Å². The number of aryl methyl sites for hydroxylation is 1. The quantitative estimate of drug-likeness (QED) is 0.811. The fourth-order valence-corrected chi connectivity index (χ4v) is 4.04. The van der Waals surface area contributed by atoms with Crippen molar-refractivity contribution in [3.8, 4) is 0 Å². The highest BCUT2D eigenvalue weighted by atomic mass is 16.2. The highest BCUT2D eigenvalue weighted by Crippen LogP contribution is 2.38. The first-order valence-electron chi connectivity index (χ1n) is 9.03. The molecule has 0 N–H and O–H groups in total. The number of likely N-dealkylation sites (tertiary alicyclic amines) is 2. The topological polar surface area (TPSA) is 75.5 Å². The van der Waals surface area contributed by atoms with Crippen LogP contribution in [0, 0.1) is 12.3 Å². The molecule has 7 nitrogen and oxygen atoms in total. The minimum absolute atomic E-state index is 0.00280. The van der Waals surface area contributed by atoms with Crippen molar-refractivity contribution < 1.29 is 9.59 Å². The van der Waals surface area contributed by atoms with E-state index in [1.54, 1.807) is 13.0 Å². The molecule has 0 aromatic carbocycles. The minimum atomic E-state index is -0.258. The lowest BCUT2D eigenvalue weighted by Crippen LogP contribution is -2.55. The Balaban J connectivity index is 1.70. The van der Waals surface area contributed by atoms with E-state index in [2.05, 4.69) is 5.10 Å². The summed E-state index contributed by atoms with van der Waals surface area (Å²) < 4.78 is 1.24. The van der Waals surface area contributed by atoms with E-state index in [1.807, 2.05) is 16.7 Å². The van der Waals surface area contributed by atoms with Crippen LogP contribution in [0.2, 0.25) is 0 Å². The van der Waals surface area contributed by atoms with Gasteiger partial charge in [-0.25, -0.2) is 4.68 Å². The van der Waals surface area contributed by atoms with E-state index in [0.29, 0.717) is 25.2 Å². The third-order valence-corrected chi connectivity index (χ3v) is 5.43. The molecule has 1 unspecified atom stereocenters. The number of hydrogen-bond donors (Lipinski definition) is 0. The van der Waals surface area contributed by atoms with Crippen LogP contribution in [0.4, 0.5) is 0 Å². The highest BCUT2D eigenvalue weighted by molar-refractivity contribution is 5.78. The molecule has 2 amide bonds. The van der Waals surface area contributed by atoms with E-state index >= 15 is 0 Å². The van der Waals surface area contributed by atoms with Gasteiger partial charge >= 0.3 is 0 Å². The zero-order chi connectivity index (χ0) is 18.0. The van der Waals surface area contributed by atoms with Crippen LogP contribution in [0.3, 0.4) is 0 Å².